The van der Waals surface area contributed by atoms with Crippen LogP contribution in [0, 0.1) is 0 Å². The summed E-state index contributed by atoms with van der Waals surface area (Å²) >= 11 is 0. The molecule has 0 bridgehead atoms. The van der Waals surface area contributed by atoms with Crippen LogP contribution in [0.25, 0.3) is 0 Å². The minimum absolute atomic E-state index is 0. The van der Waals surface area contributed by atoms with Gasteiger partial charge in [-0.1, -0.05) is 0 Å². The van der Waals surface area contributed by atoms with Crippen molar-refractivity contribution < 1.29 is 68.5 Å². The molecule has 0 aromatic carbocycles. The summed E-state index contributed by atoms with van der Waals surface area (Å²) in [5.74, 6) is 0. The molecule has 0 fully saturated rings. The van der Waals surface area contributed by atoms with Crippen LogP contribution in [0.15, 0.2) is 0 Å². The Labute approximate surface area is 77.5 Å². The van der Waals surface area contributed by atoms with E-state index in [2.05, 4.69) is 0 Å². The summed E-state index contributed by atoms with van der Waals surface area (Å²) in [4.78, 5) is 0. The quantitative estimate of drug-likeness (QED) is 0.477. The predicted molar refractivity (Wildman–Crippen MR) is 8.54 cm³/mol. The van der Waals surface area contributed by atoms with Crippen molar-refractivity contribution >= 4 is 10.1 Å². The zero-order chi connectivity index (χ0) is 0. The zero-order valence-corrected chi connectivity index (χ0v) is 10.5. The van der Waals surface area contributed by atoms with Gasteiger partial charge in [-0.3, -0.25) is 0 Å². The summed E-state index contributed by atoms with van der Waals surface area (Å²) in [7, 11) is 0. The average molecular weight is 237 g/mol. The van der Waals surface area contributed by atoms with Crippen LogP contribution in [0.4, 0.5) is 0 Å². The van der Waals surface area contributed by atoms with Crippen molar-refractivity contribution in [2.75, 3.05) is 0 Å². The first-order chi connectivity index (χ1) is 0. The second-order valence-electron chi connectivity index (χ2n) is 0. The maximum atomic E-state index is 0. The van der Waals surface area contributed by atoms with E-state index < -0.39 is 0 Å². The van der Waals surface area contributed by atoms with Gasteiger partial charge in [0.25, 0.3) is 0 Å². The third-order valence-corrected chi connectivity index (χ3v) is 0. The molecule has 0 heterocycles. The fourth-order valence-corrected chi connectivity index (χ4v) is 0. The molecule has 4 heteroatoms. The van der Waals surface area contributed by atoms with Gasteiger partial charge in [-0.15, -0.1) is 0 Å². The molecule has 0 unspecified atom stereocenters. The van der Waals surface area contributed by atoms with Crippen molar-refractivity contribution in [3.63, 3.8) is 0 Å². The summed E-state index contributed by atoms with van der Waals surface area (Å²) in [6.45, 7) is 0. The van der Waals surface area contributed by atoms with E-state index in [0.29, 0.717) is 0 Å². The summed E-state index contributed by atoms with van der Waals surface area (Å²) in [6.07, 6.45) is 0. The standard InChI is InChI=1S/Be.Cd.Ti.Zn.2H. The molecule has 12 valence electrons. The molecule has 0 aliphatic carbocycles. The third kappa shape index (κ3) is 8.83. The van der Waals surface area contributed by atoms with Gasteiger partial charge in [0.05, 0.1) is 0 Å². The zero-order valence-electron chi connectivity index (χ0n) is 1.91. The molecule has 0 aromatic heterocycles. The molecule has 0 nitrogen and oxygen atoms in total. The van der Waals surface area contributed by atoms with E-state index in [9.17, 15) is 0 Å². The molecule has 0 saturated carbocycles. The van der Waals surface area contributed by atoms with E-state index in [0.717, 1.165) is 0 Å². The van der Waals surface area contributed by atoms with Gasteiger partial charge in [0.1, 0.15) is 0 Å². The van der Waals surface area contributed by atoms with Gasteiger partial charge in [0, 0.05) is 68.5 Å². The van der Waals surface area contributed by atoms with Crippen LogP contribution in [-0.2, 0) is 68.5 Å². The van der Waals surface area contributed by atoms with Crippen LogP contribution >= 0.6 is 0 Å². The molecule has 0 radical (unpaired) electrons. The van der Waals surface area contributed by atoms with Gasteiger partial charge in [0.2, 0.25) is 0 Å². The van der Waals surface area contributed by atoms with Crippen LogP contribution in [0.1, 0.15) is 0 Å². The Hall–Kier alpha value is 2.43. The Morgan fingerprint density at radius 3 is 1.00 bits per heavy atom. The average Bonchev–Trinajstić information content (AvgIpc) is 0. The molecule has 0 spiro atoms. The van der Waals surface area contributed by atoms with E-state index in [1.807, 2.05) is 0 Å². The van der Waals surface area contributed by atoms with Crippen molar-refractivity contribution in [2.24, 2.45) is 0 Å². The first kappa shape index (κ1) is 32.1. The summed E-state index contributed by atoms with van der Waals surface area (Å²) in [6, 6.07) is 0. The van der Waals surface area contributed by atoms with Gasteiger partial charge >= 0.3 is 10.1 Å². The summed E-state index contributed by atoms with van der Waals surface area (Å²) in [5.41, 5.74) is 0. The van der Waals surface area contributed by atoms with Crippen molar-refractivity contribution in [3.05, 3.63) is 0 Å². The smallest absolute Gasteiger partial charge is 0 e. The van der Waals surface area contributed by atoms with Crippen LogP contribution in [0.2, 0.25) is 0 Å². The van der Waals surface area contributed by atoms with Crippen molar-refractivity contribution in [1.29, 1.82) is 0 Å². The van der Waals surface area contributed by atoms with Crippen LogP contribution in [0.5, 0.6) is 0 Å². The maximum absolute atomic E-state index is 0. The molecule has 0 rings (SSSR count). The molecular weight excluding hydrogens is 235 g/mol. The summed E-state index contributed by atoms with van der Waals surface area (Å²) < 4.78 is 0. The minimum Gasteiger partial charge on any atom is 0 e. The molecule has 0 aliphatic heterocycles. The maximum Gasteiger partial charge on any atom is 0 e. The Balaban J connectivity index is 0. The fourth-order valence-electron chi connectivity index (χ4n) is 0. The second kappa shape index (κ2) is 18.1. The van der Waals surface area contributed by atoms with Gasteiger partial charge in [0.15, 0.2) is 0 Å². The third-order valence-electron chi connectivity index (χ3n) is 0. The Morgan fingerprint density at radius 2 is 1.00 bits per heavy atom. The molecule has 0 amide bonds. The molecular formula is H2BeCdTiZn. The molecule has 0 N–H and O–H groups in total. The van der Waals surface area contributed by atoms with Crippen LogP contribution in [-0.4, -0.2) is 10.1 Å². The van der Waals surface area contributed by atoms with E-state index >= 15 is 0 Å². The molecule has 0 atom stereocenters. The number of hydrogen-bond acceptors (Lipinski definition) is 0. The Kier molecular flexibility index (Phi) is 145. The summed E-state index contributed by atoms with van der Waals surface area (Å²) in [5, 5.41) is 0. The second-order valence-corrected chi connectivity index (χ2v) is 0. The van der Waals surface area contributed by atoms with Gasteiger partial charge in [-0.25, -0.2) is 0 Å². The normalized spacial score (nSPS) is 0. The molecule has 0 aliphatic rings. The Morgan fingerprint density at radius 1 is 1.00 bits per heavy atom. The molecule has 0 aromatic rings. The topological polar surface area (TPSA) is 0 Å². The first-order valence-corrected chi connectivity index (χ1v) is 0. The van der Waals surface area contributed by atoms with E-state index in [1.54, 1.807) is 0 Å². The van der Waals surface area contributed by atoms with Crippen molar-refractivity contribution in [1.82, 2.24) is 0 Å². The van der Waals surface area contributed by atoms with E-state index in [1.165, 1.54) is 0 Å². The first-order valence-electron chi connectivity index (χ1n) is 0. The van der Waals surface area contributed by atoms with Crippen molar-refractivity contribution in [3.8, 4) is 0 Å². The number of rotatable bonds is 0. The number of hydrogen-bond donors (Lipinski definition) is 0. The fraction of sp³-hybridized carbons (Fsp3) is 0. The van der Waals surface area contributed by atoms with Crippen LogP contribution < -0.4 is 0 Å². The van der Waals surface area contributed by atoms with Crippen LogP contribution in [0.3, 0.4) is 0 Å². The predicted octanol–water partition coefficient (Wildman–Crippen LogP) is -0.924. The Bertz CT molecular complexity index is 8.00. The molecule has 0 saturated heterocycles. The van der Waals surface area contributed by atoms with E-state index in [-0.39, 0.29) is 78.6 Å². The van der Waals surface area contributed by atoms with E-state index in [4.69, 9.17) is 0 Å². The molecule has 4 heavy (non-hydrogen) atoms. The monoisotopic (exact) mass is 237 g/mol. The van der Waals surface area contributed by atoms with Gasteiger partial charge < -0.3 is 0 Å². The minimum atomic E-state index is 0. The SMILES string of the molecule is [BeH2].[Cd].[Ti].[Zn]. The van der Waals surface area contributed by atoms with Crippen molar-refractivity contribution in [2.45, 2.75) is 0 Å². The largest absolute Gasteiger partial charge is 0 e. The van der Waals surface area contributed by atoms with Gasteiger partial charge in [-0.05, 0) is 0 Å². The van der Waals surface area contributed by atoms with Gasteiger partial charge in [-0.2, -0.15) is 0 Å².